The maximum absolute atomic E-state index is 12.1. The molecule has 0 unspecified atom stereocenters. The Bertz CT molecular complexity index is 545. The van der Waals surface area contributed by atoms with E-state index < -0.39 is 22.5 Å². The minimum atomic E-state index is -3.61. The molecule has 0 radical (unpaired) electrons. The van der Waals surface area contributed by atoms with Crippen molar-refractivity contribution in [3.63, 3.8) is 0 Å². The number of amides is 1. The van der Waals surface area contributed by atoms with Crippen molar-refractivity contribution >= 4 is 21.6 Å². The lowest BCUT2D eigenvalue weighted by Gasteiger charge is -2.24. The van der Waals surface area contributed by atoms with Crippen molar-refractivity contribution < 1.29 is 17.9 Å². The fraction of sp³-hybridized carbons (Fsp3) is 0.364. The van der Waals surface area contributed by atoms with Crippen molar-refractivity contribution in [2.75, 3.05) is 23.7 Å². The molecular formula is C11H17N3O4S. The molecule has 1 amide bonds. The predicted octanol–water partition coefficient (Wildman–Crippen LogP) is -0.159. The zero-order valence-corrected chi connectivity index (χ0v) is 11.6. The summed E-state index contributed by atoms with van der Waals surface area (Å²) >= 11 is 0. The number of nitrogens with one attached hydrogen (secondary N) is 1. The number of hydrogen-bond acceptors (Lipinski definition) is 5. The van der Waals surface area contributed by atoms with Crippen molar-refractivity contribution in [2.45, 2.75) is 6.92 Å². The third-order valence-corrected chi connectivity index (χ3v) is 4.23. The van der Waals surface area contributed by atoms with E-state index in [1.807, 2.05) is 5.43 Å². The molecular weight excluding hydrogens is 270 g/mol. The second kappa shape index (κ2) is 6.39. The van der Waals surface area contributed by atoms with Gasteiger partial charge in [0, 0.05) is 0 Å². The monoisotopic (exact) mass is 287 g/mol. The van der Waals surface area contributed by atoms with Crippen LogP contribution in [0.3, 0.4) is 0 Å². The quantitative estimate of drug-likeness (QED) is 0.430. The second-order valence-corrected chi connectivity index (χ2v) is 5.83. The average Bonchev–Trinajstić information content (AvgIpc) is 2.44. The molecule has 0 bridgehead atoms. The van der Waals surface area contributed by atoms with Crippen LogP contribution in [-0.4, -0.2) is 33.7 Å². The highest BCUT2D eigenvalue weighted by Gasteiger charge is 2.25. The van der Waals surface area contributed by atoms with Gasteiger partial charge < -0.3 is 4.74 Å². The van der Waals surface area contributed by atoms with E-state index in [9.17, 15) is 13.2 Å². The summed E-state index contributed by atoms with van der Waals surface area (Å²) in [6.07, 6.45) is 0. The van der Waals surface area contributed by atoms with Crippen LogP contribution < -0.4 is 20.3 Å². The normalized spacial score (nSPS) is 10.9. The molecule has 0 spiro atoms. The number of anilines is 1. The number of para-hydroxylation sites is 2. The molecule has 0 saturated carbocycles. The molecule has 8 heteroatoms. The van der Waals surface area contributed by atoms with Gasteiger partial charge in [0.1, 0.15) is 12.3 Å². The van der Waals surface area contributed by atoms with Crippen LogP contribution >= 0.6 is 0 Å². The lowest BCUT2D eigenvalue weighted by atomic mass is 10.3. The molecule has 0 aliphatic rings. The van der Waals surface area contributed by atoms with Crippen molar-refractivity contribution in [2.24, 2.45) is 5.84 Å². The third-order valence-electron chi connectivity index (χ3n) is 2.50. The van der Waals surface area contributed by atoms with Crippen LogP contribution in [0.2, 0.25) is 0 Å². The van der Waals surface area contributed by atoms with Gasteiger partial charge in [-0.05, 0) is 19.1 Å². The molecule has 1 aromatic carbocycles. The van der Waals surface area contributed by atoms with Crippen molar-refractivity contribution in [3.8, 4) is 5.75 Å². The van der Waals surface area contributed by atoms with E-state index in [4.69, 9.17) is 10.6 Å². The lowest BCUT2D eigenvalue weighted by molar-refractivity contribution is -0.119. The molecule has 0 aliphatic carbocycles. The van der Waals surface area contributed by atoms with Crippen LogP contribution in [0.1, 0.15) is 6.92 Å². The first-order valence-electron chi connectivity index (χ1n) is 5.59. The molecule has 106 valence electrons. The average molecular weight is 287 g/mol. The summed E-state index contributed by atoms with van der Waals surface area (Å²) in [5.41, 5.74) is 2.21. The second-order valence-electron chi connectivity index (χ2n) is 3.65. The molecule has 19 heavy (non-hydrogen) atoms. The van der Waals surface area contributed by atoms with Gasteiger partial charge in [-0.25, -0.2) is 14.3 Å². The van der Waals surface area contributed by atoms with Gasteiger partial charge in [0.05, 0.1) is 18.6 Å². The zero-order chi connectivity index (χ0) is 14.5. The number of carbonyl (C=O) groups excluding carboxylic acids is 1. The Morgan fingerprint density at radius 1 is 1.42 bits per heavy atom. The van der Waals surface area contributed by atoms with Crippen LogP contribution in [0.4, 0.5) is 5.69 Å². The molecule has 0 atom stereocenters. The Balaban J connectivity index is 3.27. The Morgan fingerprint density at radius 2 is 2.05 bits per heavy atom. The van der Waals surface area contributed by atoms with Gasteiger partial charge in [-0.3, -0.25) is 14.5 Å². The van der Waals surface area contributed by atoms with E-state index in [2.05, 4.69) is 0 Å². The van der Waals surface area contributed by atoms with Crippen LogP contribution in [0, 0.1) is 0 Å². The minimum absolute atomic E-state index is 0.136. The van der Waals surface area contributed by atoms with Gasteiger partial charge in [-0.1, -0.05) is 12.1 Å². The number of hydrogen-bond donors (Lipinski definition) is 2. The van der Waals surface area contributed by atoms with Gasteiger partial charge in [-0.15, -0.1) is 0 Å². The standard InChI is InChI=1S/C11H17N3O4S/c1-3-19(16,17)14(8-11(15)13-12)9-6-4-5-7-10(9)18-2/h4-7H,3,8,12H2,1-2H3,(H,13,15). The third kappa shape index (κ3) is 3.58. The largest absolute Gasteiger partial charge is 0.495 e. The number of nitrogens with two attached hydrogens (primary N) is 1. The van der Waals surface area contributed by atoms with Crippen LogP contribution in [0.5, 0.6) is 5.75 Å². The van der Waals surface area contributed by atoms with Crippen LogP contribution in [-0.2, 0) is 14.8 Å². The highest BCUT2D eigenvalue weighted by molar-refractivity contribution is 7.92. The summed E-state index contributed by atoms with van der Waals surface area (Å²) in [6, 6.07) is 6.56. The van der Waals surface area contributed by atoms with Crippen molar-refractivity contribution in [3.05, 3.63) is 24.3 Å². The van der Waals surface area contributed by atoms with Gasteiger partial charge in [0.15, 0.2) is 0 Å². The van der Waals surface area contributed by atoms with E-state index in [0.29, 0.717) is 11.4 Å². The van der Waals surface area contributed by atoms with E-state index in [-0.39, 0.29) is 5.75 Å². The molecule has 0 aromatic heterocycles. The smallest absolute Gasteiger partial charge is 0.254 e. The molecule has 1 aromatic rings. The summed E-state index contributed by atoms with van der Waals surface area (Å²) in [5.74, 6) is 4.62. The van der Waals surface area contributed by atoms with Gasteiger partial charge in [0.2, 0.25) is 10.0 Å². The van der Waals surface area contributed by atoms with E-state index >= 15 is 0 Å². The number of carbonyl (C=O) groups is 1. The minimum Gasteiger partial charge on any atom is -0.495 e. The fourth-order valence-corrected chi connectivity index (χ4v) is 2.58. The molecule has 0 aliphatic heterocycles. The zero-order valence-electron chi connectivity index (χ0n) is 10.8. The maximum Gasteiger partial charge on any atom is 0.254 e. The van der Waals surface area contributed by atoms with Crippen LogP contribution in [0.25, 0.3) is 0 Å². The summed E-state index contributed by atoms with van der Waals surface area (Å²) < 4.78 is 30.2. The van der Waals surface area contributed by atoms with Gasteiger partial charge >= 0.3 is 0 Å². The van der Waals surface area contributed by atoms with Crippen molar-refractivity contribution in [1.29, 1.82) is 0 Å². The Labute approximate surface area is 112 Å². The van der Waals surface area contributed by atoms with Crippen LogP contribution in [0.15, 0.2) is 24.3 Å². The highest BCUT2D eigenvalue weighted by atomic mass is 32.2. The first-order chi connectivity index (χ1) is 8.96. The Morgan fingerprint density at radius 3 is 2.58 bits per heavy atom. The van der Waals surface area contributed by atoms with E-state index in [1.165, 1.54) is 14.0 Å². The first-order valence-corrected chi connectivity index (χ1v) is 7.20. The molecule has 1 rings (SSSR count). The van der Waals surface area contributed by atoms with Gasteiger partial charge in [0.25, 0.3) is 5.91 Å². The molecule has 0 heterocycles. The fourth-order valence-electron chi connectivity index (χ4n) is 1.50. The van der Waals surface area contributed by atoms with E-state index in [0.717, 1.165) is 4.31 Å². The maximum atomic E-state index is 12.1. The highest BCUT2D eigenvalue weighted by Crippen LogP contribution is 2.29. The number of nitrogens with zero attached hydrogens (tertiary/aromatic N) is 1. The predicted molar refractivity (Wildman–Crippen MR) is 72.1 cm³/mol. The molecule has 0 saturated heterocycles. The number of hydrazine groups is 1. The van der Waals surface area contributed by atoms with Crippen molar-refractivity contribution in [1.82, 2.24) is 5.43 Å². The number of sulfonamides is 1. The first kappa shape index (κ1) is 15.3. The number of methoxy groups -OCH3 is 1. The van der Waals surface area contributed by atoms with Gasteiger partial charge in [-0.2, -0.15) is 0 Å². The summed E-state index contributed by atoms with van der Waals surface area (Å²) in [4.78, 5) is 11.4. The number of rotatable bonds is 6. The number of benzene rings is 1. The lowest BCUT2D eigenvalue weighted by Crippen LogP contribution is -2.43. The van der Waals surface area contributed by atoms with E-state index in [1.54, 1.807) is 24.3 Å². The topological polar surface area (TPSA) is 102 Å². The summed E-state index contributed by atoms with van der Waals surface area (Å²) in [6.45, 7) is 1.10. The molecule has 7 nitrogen and oxygen atoms in total. The number of ether oxygens (including phenoxy) is 1. The molecule has 3 N–H and O–H groups in total. The SMILES string of the molecule is CCS(=O)(=O)N(CC(=O)NN)c1ccccc1OC. The summed E-state index contributed by atoms with van der Waals surface area (Å²) in [7, 11) is -2.18. The Kier molecular flexibility index (Phi) is 5.13. The molecule has 0 fully saturated rings. The summed E-state index contributed by atoms with van der Waals surface area (Å²) in [5, 5.41) is 0. The Hall–Kier alpha value is -1.80.